The fourth-order valence-corrected chi connectivity index (χ4v) is 1.16. The zero-order valence-electron chi connectivity index (χ0n) is 8.07. The highest BCUT2D eigenvalue weighted by Crippen LogP contribution is 2.11. The van der Waals surface area contributed by atoms with Crippen molar-refractivity contribution in [2.45, 2.75) is 13.3 Å². The van der Waals surface area contributed by atoms with Crippen molar-refractivity contribution in [2.75, 3.05) is 0 Å². The van der Waals surface area contributed by atoms with E-state index >= 15 is 0 Å². The van der Waals surface area contributed by atoms with Gasteiger partial charge in [0.2, 0.25) is 0 Å². The van der Waals surface area contributed by atoms with Crippen LogP contribution in [0.4, 0.5) is 0 Å². The molecule has 0 aliphatic carbocycles. The lowest BCUT2D eigenvalue weighted by atomic mass is 10.0. The molecule has 0 fully saturated rings. The summed E-state index contributed by atoms with van der Waals surface area (Å²) in [6.07, 6.45) is 5.71. The Labute approximate surface area is 83.3 Å². The van der Waals surface area contributed by atoms with Crippen molar-refractivity contribution in [1.29, 1.82) is 0 Å². The largest absolute Gasteiger partial charge is 0.303 e. The van der Waals surface area contributed by atoms with Crippen molar-refractivity contribution < 1.29 is 9.59 Å². The molecule has 0 amide bonds. The third-order valence-corrected chi connectivity index (χ3v) is 1.97. The summed E-state index contributed by atoms with van der Waals surface area (Å²) >= 11 is 0. The number of aryl methyl sites for hydroxylation is 1. The standard InChI is InChI=1S/C12H12O2/c1-10-5-6-11(9-14)8-12(10)4-2-3-7-13/h2,4-9H,3H2,1H3. The van der Waals surface area contributed by atoms with Crippen molar-refractivity contribution in [3.63, 3.8) is 0 Å². The predicted octanol–water partition coefficient (Wildman–Crippen LogP) is 2.41. The smallest absolute Gasteiger partial charge is 0.150 e. The number of carbonyl (C=O) groups excluding carboxylic acids is 2. The molecule has 0 aromatic heterocycles. The fraction of sp³-hybridized carbons (Fsp3) is 0.167. The maximum Gasteiger partial charge on any atom is 0.150 e. The topological polar surface area (TPSA) is 34.1 Å². The molecule has 1 aromatic rings. The van der Waals surface area contributed by atoms with Crippen LogP contribution in [0.25, 0.3) is 6.08 Å². The number of hydrogen-bond donors (Lipinski definition) is 0. The molecule has 1 rings (SSSR count). The normalized spacial score (nSPS) is 10.4. The first-order valence-corrected chi connectivity index (χ1v) is 4.44. The predicted molar refractivity (Wildman–Crippen MR) is 56.3 cm³/mol. The fourth-order valence-electron chi connectivity index (χ4n) is 1.16. The molecule has 0 saturated carbocycles. The molecule has 0 bridgehead atoms. The molecule has 0 atom stereocenters. The van der Waals surface area contributed by atoms with E-state index in [1.807, 2.05) is 25.1 Å². The summed E-state index contributed by atoms with van der Waals surface area (Å²) in [5.74, 6) is 0. The van der Waals surface area contributed by atoms with E-state index in [2.05, 4.69) is 0 Å². The second-order valence-corrected chi connectivity index (χ2v) is 3.04. The van der Waals surface area contributed by atoms with Crippen LogP contribution < -0.4 is 0 Å². The van der Waals surface area contributed by atoms with E-state index in [4.69, 9.17) is 0 Å². The summed E-state index contributed by atoms with van der Waals surface area (Å²) in [6, 6.07) is 5.48. The van der Waals surface area contributed by atoms with E-state index in [0.717, 1.165) is 23.7 Å². The Hall–Kier alpha value is -1.70. The summed E-state index contributed by atoms with van der Waals surface area (Å²) in [5, 5.41) is 0. The summed E-state index contributed by atoms with van der Waals surface area (Å²) in [6.45, 7) is 1.97. The van der Waals surface area contributed by atoms with Gasteiger partial charge < -0.3 is 4.79 Å². The van der Waals surface area contributed by atoms with Crippen LogP contribution in [0.5, 0.6) is 0 Å². The van der Waals surface area contributed by atoms with Gasteiger partial charge in [-0.3, -0.25) is 4.79 Å². The first-order valence-electron chi connectivity index (χ1n) is 4.44. The summed E-state index contributed by atoms with van der Waals surface area (Å²) in [4.78, 5) is 20.6. The van der Waals surface area contributed by atoms with Gasteiger partial charge in [-0.2, -0.15) is 0 Å². The van der Waals surface area contributed by atoms with E-state index in [1.165, 1.54) is 0 Å². The average Bonchev–Trinajstić information content (AvgIpc) is 2.21. The van der Waals surface area contributed by atoms with E-state index < -0.39 is 0 Å². The van der Waals surface area contributed by atoms with Crippen LogP contribution >= 0.6 is 0 Å². The van der Waals surface area contributed by atoms with Gasteiger partial charge in [0, 0.05) is 12.0 Å². The summed E-state index contributed by atoms with van der Waals surface area (Å²) < 4.78 is 0. The minimum absolute atomic E-state index is 0.407. The number of aldehydes is 2. The highest BCUT2D eigenvalue weighted by atomic mass is 16.1. The lowest BCUT2D eigenvalue weighted by Gasteiger charge is -2.00. The Bertz CT molecular complexity index is 365. The molecule has 0 saturated heterocycles. The Kier molecular flexibility index (Phi) is 3.80. The van der Waals surface area contributed by atoms with Crippen LogP contribution in [-0.4, -0.2) is 12.6 Å². The Morgan fingerprint density at radius 1 is 1.29 bits per heavy atom. The van der Waals surface area contributed by atoms with Crippen LogP contribution in [0, 0.1) is 6.92 Å². The van der Waals surface area contributed by atoms with Gasteiger partial charge in [-0.15, -0.1) is 0 Å². The quantitative estimate of drug-likeness (QED) is 0.680. The third-order valence-electron chi connectivity index (χ3n) is 1.97. The van der Waals surface area contributed by atoms with Crippen molar-refractivity contribution in [1.82, 2.24) is 0 Å². The molecule has 1 aromatic carbocycles. The molecule has 0 radical (unpaired) electrons. The van der Waals surface area contributed by atoms with E-state index in [-0.39, 0.29) is 0 Å². The van der Waals surface area contributed by atoms with E-state index in [1.54, 1.807) is 12.1 Å². The van der Waals surface area contributed by atoms with Crippen molar-refractivity contribution in [3.8, 4) is 0 Å². The number of allylic oxidation sites excluding steroid dienone is 1. The Balaban J connectivity index is 2.94. The molecule has 2 heteroatoms. The highest BCUT2D eigenvalue weighted by molar-refractivity contribution is 5.77. The van der Waals surface area contributed by atoms with Gasteiger partial charge in [-0.25, -0.2) is 0 Å². The molecule has 0 spiro atoms. The molecule has 0 unspecified atom stereocenters. The van der Waals surface area contributed by atoms with Gasteiger partial charge in [0.05, 0.1) is 0 Å². The van der Waals surface area contributed by atoms with Gasteiger partial charge in [0.25, 0.3) is 0 Å². The van der Waals surface area contributed by atoms with E-state index in [0.29, 0.717) is 12.0 Å². The van der Waals surface area contributed by atoms with Crippen LogP contribution in [-0.2, 0) is 4.79 Å². The summed E-state index contributed by atoms with van der Waals surface area (Å²) in [5.41, 5.74) is 2.73. The maximum atomic E-state index is 10.5. The number of carbonyl (C=O) groups is 2. The third kappa shape index (κ3) is 2.66. The van der Waals surface area contributed by atoms with Gasteiger partial charge in [0.1, 0.15) is 12.6 Å². The van der Waals surface area contributed by atoms with Gasteiger partial charge >= 0.3 is 0 Å². The maximum absolute atomic E-state index is 10.5. The molecule has 14 heavy (non-hydrogen) atoms. The first-order chi connectivity index (χ1) is 6.77. The minimum atomic E-state index is 0.407. The monoisotopic (exact) mass is 188 g/mol. The number of hydrogen-bond acceptors (Lipinski definition) is 2. The average molecular weight is 188 g/mol. The first kappa shape index (κ1) is 10.4. The van der Waals surface area contributed by atoms with Crippen molar-refractivity contribution in [3.05, 3.63) is 41.0 Å². The Morgan fingerprint density at radius 3 is 2.71 bits per heavy atom. The highest BCUT2D eigenvalue weighted by Gasteiger charge is 1.95. The lowest BCUT2D eigenvalue weighted by molar-refractivity contribution is -0.107. The number of rotatable bonds is 4. The van der Waals surface area contributed by atoms with Crippen LogP contribution in [0.15, 0.2) is 24.3 Å². The number of benzene rings is 1. The zero-order chi connectivity index (χ0) is 10.4. The second-order valence-electron chi connectivity index (χ2n) is 3.04. The molecule has 0 aliphatic heterocycles. The molecular weight excluding hydrogens is 176 g/mol. The summed E-state index contributed by atoms with van der Waals surface area (Å²) in [7, 11) is 0. The van der Waals surface area contributed by atoms with E-state index in [9.17, 15) is 9.59 Å². The minimum Gasteiger partial charge on any atom is -0.303 e. The SMILES string of the molecule is Cc1ccc(C=O)cc1C=CCC=O. The van der Waals surface area contributed by atoms with Crippen molar-refractivity contribution >= 4 is 18.6 Å². The molecule has 0 heterocycles. The van der Waals surface area contributed by atoms with Gasteiger partial charge in [-0.1, -0.05) is 24.3 Å². The molecule has 72 valence electrons. The van der Waals surface area contributed by atoms with Crippen LogP contribution in [0.2, 0.25) is 0 Å². The van der Waals surface area contributed by atoms with Crippen LogP contribution in [0.1, 0.15) is 27.9 Å². The van der Waals surface area contributed by atoms with Crippen LogP contribution in [0.3, 0.4) is 0 Å². The molecular formula is C12H12O2. The van der Waals surface area contributed by atoms with Gasteiger partial charge in [0.15, 0.2) is 0 Å². The molecule has 0 N–H and O–H groups in total. The second kappa shape index (κ2) is 5.12. The van der Waals surface area contributed by atoms with Crippen molar-refractivity contribution in [2.24, 2.45) is 0 Å². The Morgan fingerprint density at radius 2 is 2.07 bits per heavy atom. The van der Waals surface area contributed by atoms with Gasteiger partial charge in [-0.05, 0) is 24.1 Å². The lowest BCUT2D eigenvalue weighted by Crippen LogP contribution is -1.85. The molecule has 0 aliphatic rings. The zero-order valence-corrected chi connectivity index (χ0v) is 8.07. The molecule has 2 nitrogen and oxygen atoms in total.